The van der Waals surface area contributed by atoms with Crippen LogP contribution in [-0.4, -0.2) is 27.1 Å². The average Bonchev–Trinajstić information content (AvgIpc) is 2.90. The number of carbonyl (C=O) groups excluding carboxylic acids is 1. The zero-order chi connectivity index (χ0) is 26.3. The molecular formula is C29H29N3O4S. The van der Waals surface area contributed by atoms with Gasteiger partial charge >= 0.3 is 0 Å². The summed E-state index contributed by atoms with van der Waals surface area (Å²) in [5, 5.41) is 6.13. The van der Waals surface area contributed by atoms with Crippen molar-refractivity contribution in [2.75, 3.05) is 6.61 Å². The third-order valence-corrected chi connectivity index (χ3v) is 7.32. The fourth-order valence-corrected chi connectivity index (χ4v) is 5.20. The summed E-state index contributed by atoms with van der Waals surface area (Å²) >= 11 is 0. The van der Waals surface area contributed by atoms with Gasteiger partial charge in [0.1, 0.15) is 5.75 Å². The van der Waals surface area contributed by atoms with Crippen LogP contribution in [0.5, 0.6) is 5.75 Å². The summed E-state index contributed by atoms with van der Waals surface area (Å²) in [6.07, 6.45) is 1.42. The van der Waals surface area contributed by atoms with E-state index in [0.717, 1.165) is 21.9 Å². The van der Waals surface area contributed by atoms with Crippen molar-refractivity contribution in [3.63, 3.8) is 0 Å². The van der Waals surface area contributed by atoms with Gasteiger partial charge in [-0.1, -0.05) is 78.4 Å². The Bertz CT molecular complexity index is 1500. The second-order valence-corrected chi connectivity index (χ2v) is 10.2. The molecule has 0 aliphatic carbocycles. The molecule has 0 saturated heterocycles. The van der Waals surface area contributed by atoms with Gasteiger partial charge in [0.25, 0.3) is 0 Å². The van der Waals surface area contributed by atoms with Gasteiger partial charge in [0.15, 0.2) is 0 Å². The molecule has 2 N–H and O–H groups in total. The molecule has 1 amide bonds. The minimum Gasteiger partial charge on any atom is -0.493 e. The molecule has 0 bridgehead atoms. The fraction of sp³-hybridized carbons (Fsp3) is 0.172. The maximum atomic E-state index is 13.0. The number of benzene rings is 4. The van der Waals surface area contributed by atoms with E-state index in [1.165, 1.54) is 0 Å². The van der Waals surface area contributed by atoms with Gasteiger partial charge in [0, 0.05) is 12.0 Å². The first-order valence-corrected chi connectivity index (χ1v) is 13.5. The molecule has 7 nitrogen and oxygen atoms in total. The van der Waals surface area contributed by atoms with E-state index in [2.05, 4.69) is 15.2 Å². The summed E-state index contributed by atoms with van der Waals surface area (Å²) in [4.78, 5) is 13.0. The van der Waals surface area contributed by atoms with E-state index in [1.807, 2.05) is 56.3 Å². The van der Waals surface area contributed by atoms with Crippen molar-refractivity contribution in [3.05, 3.63) is 108 Å². The molecule has 0 unspecified atom stereocenters. The summed E-state index contributed by atoms with van der Waals surface area (Å²) in [6.45, 7) is 4.28. The predicted molar refractivity (Wildman–Crippen MR) is 146 cm³/mol. The van der Waals surface area contributed by atoms with Crippen molar-refractivity contribution in [1.29, 1.82) is 0 Å². The van der Waals surface area contributed by atoms with Crippen LogP contribution in [0, 0.1) is 6.92 Å². The van der Waals surface area contributed by atoms with E-state index >= 15 is 0 Å². The Balaban J connectivity index is 1.53. The van der Waals surface area contributed by atoms with Crippen LogP contribution in [0.2, 0.25) is 0 Å². The number of nitrogens with one attached hydrogen (secondary N) is 2. The summed E-state index contributed by atoms with van der Waals surface area (Å²) in [5.74, 6) is 0.224. The minimum atomic E-state index is -3.85. The van der Waals surface area contributed by atoms with E-state index in [1.54, 1.807) is 54.7 Å². The number of rotatable bonds is 10. The Morgan fingerprint density at radius 2 is 1.65 bits per heavy atom. The van der Waals surface area contributed by atoms with Crippen LogP contribution >= 0.6 is 0 Å². The molecule has 0 fully saturated rings. The predicted octanol–water partition coefficient (Wildman–Crippen LogP) is 5.11. The molecule has 0 aliphatic heterocycles. The fourth-order valence-electron chi connectivity index (χ4n) is 3.98. The van der Waals surface area contributed by atoms with Crippen LogP contribution in [0.25, 0.3) is 10.8 Å². The highest BCUT2D eigenvalue weighted by atomic mass is 32.2. The van der Waals surface area contributed by atoms with Crippen LogP contribution in [-0.2, 0) is 14.8 Å². The maximum Gasteiger partial charge on any atom is 0.242 e. The van der Waals surface area contributed by atoms with Crippen molar-refractivity contribution < 1.29 is 17.9 Å². The van der Waals surface area contributed by atoms with Crippen LogP contribution in [0.1, 0.15) is 36.1 Å². The number of amides is 1. The highest BCUT2D eigenvalue weighted by molar-refractivity contribution is 7.89. The van der Waals surface area contributed by atoms with Gasteiger partial charge in [-0.15, -0.1) is 0 Å². The van der Waals surface area contributed by atoms with E-state index in [-0.39, 0.29) is 11.3 Å². The van der Waals surface area contributed by atoms with Gasteiger partial charge in [-0.2, -0.15) is 5.10 Å². The molecular weight excluding hydrogens is 486 g/mol. The second-order valence-electron chi connectivity index (χ2n) is 8.53. The number of hydrazone groups is 1. The Morgan fingerprint density at radius 1 is 0.946 bits per heavy atom. The standard InChI is InChI=1S/C29H29N3O4S/c1-3-36-28-18-15-22-9-7-8-12-25(22)26(28)20-30-31-29(33)19-27(23-10-5-4-6-11-23)32-37(34,35)24-16-13-21(2)14-17-24/h4-18,20,27,32H,3,19H2,1-2H3,(H,31,33)/b30-20-/t27-/m0/s1. The largest absolute Gasteiger partial charge is 0.493 e. The van der Waals surface area contributed by atoms with Gasteiger partial charge in [0.05, 0.1) is 23.8 Å². The third-order valence-electron chi connectivity index (χ3n) is 5.83. The van der Waals surface area contributed by atoms with Gasteiger partial charge in [-0.25, -0.2) is 18.6 Å². The third kappa shape index (κ3) is 6.61. The number of hydrogen-bond acceptors (Lipinski definition) is 5. The average molecular weight is 516 g/mol. The molecule has 190 valence electrons. The molecule has 0 radical (unpaired) electrons. The summed E-state index contributed by atoms with van der Waals surface area (Å²) in [6, 6.07) is 26.5. The zero-order valence-electron chi connectivity index (χ0n) is 20.7. The monoisotopic (exact) mass is 515 g/mol. The van der Waals surface area contributed by atoms with E-state index in [0.29, 0.717) is 17.9 Å². The smallest absolute Gasteiger partial charge is 0.242 e. The van der Waals surface area contributed by atoms with Crippen molar-refractivity contribution in [2.24, 2.45) is 5.10 Å². The lowest BCUT2D eigenvalue weighted by atomic mass is 10.0. The first-order valence-electron chi connectivity index (χ1n) is 12.0. The summed E-state index contributed by atoms with van der Waals surface area (Å²) < 4.78 is 34.5. The molecule has 0 saturated carbocycles. The number of fused-ring (bicyclic) bond motifs is 1. The quantitative estimate of drug-likeness (QED) is 0.227. The summed E-state index contributed by atoms with van der Waals surface area (Å²) in [5.41, 5.74) is 4.91. The first kappa shape index (κ1) is 26.1. The van der Waals surface area contributed by atoms with Crippen molar-refractivity contribution >= 4 is 32.9 Å². The molecule has 0 spiro atoms. The van der Waals surface area contributed by atoms with E-state index < -0.39 is 22.0 Å². The van der Waals surface area contributed by atoms with Crippen molar-refractivity contribution in [2.45, 2.75) is 31.2 Å². The van der Waals surface area contributed by atoms with Crippen LogP contribution in [0.3, 0.4) is 0 Å². The number of carbonyl (C=O) groups is 1. The van der Waals surface area contributed by atoms with Gasteiger partial charge in [-0.3, -0.25) is 4.79 Å². The lowest BCUT2D eigenvalue weighted by molar-refractivity contribution is -0.121. The number of sulfonamides is 1. The molecule has 0 heterocycles. The van der Waals surface area contributed by atoms with Gasteiger partial charge in [-0.05, 0) is 48.4 Å². The molecule has 0 aromatic heterocycles. The number of nitrogens with zero attached hydrogens (tertiary/aromatic N) is 1. The normalized spacial score (nSPS) is 12.5. The Kier molecular flexibility index (Phi) is 8.32. The Labute approximate surface area is 217 Å². The summed E-state index contributed by atoms with van der Waals surface area (Å²) in [7, 11) is -3.85. The molecule has 4 aromatic rings. The van der Waals surface area contributed by atoms with E-state index in [4.69, 9.17) is 4.74 Å². The second kappa shape index (κ2) is 11.8. The lowest BCUT2D eigenvalue weighted by Gasteiger charge is -2.18. The number of ether oxygens (including phenoxy) is 1. The Morgan fingerprint density at radius 3 is 2.38 bits per heavy atom. The highest BCUT2D eigenvalue weighted by Gasteiger charge is 2.23. The van der Waals surface area contributed by atoms with E-state index in [9.17, 15) is 13.2 Å². The highest BCUT2D eigenvalue weighted by Crippen LogP contribution is 2.27. The topological polar surface area (TPSA) is 96.9 Å². The van der Waals surface area contributed by atoms with Crippen LogP contribution in [0.15, 0.2) is 101 Å². The molecule has 4 aromatic carbocycles. The van der Waals surface area contributed by atoms with Crippen molar-refractivity contribution in [3.8, 4) is 5.75 Å². The minimum absolute atomic E-state index is 0.136. The Hall–Kier alpha value is -4.01. The van der Waals surface area contributed by atoms with Crippen LogP contribution in [0.4, 0.5) is 0 Å². The van der Waals surface area contributed by atoms with Crippen LogP contribution < -0.4 is 14.9 Å². The molecule has 1 atom stereocenters. The molecule has 0 aliphatic rings. The zero-order valence-corrected chi connectivity index (χ0v) is 21.5. The van der Waals surface area contributed by atoms with Crippen molar-refractivity contribution in [1.82, 2.24) is 10.1 Å². The maximum absolute atomic E-state index is 13.0. The number of aryl methyl sites for hydroxylation is 1. The number of hydrogen-bond donors (Lipinski definition) is 2. The van der Waals surface area contributed by atoms with Gasteiger partial charge < -0.3 is 4.74 Å². The molecule has 4 rings (SSSR count). The molecule has 37 heavy (non-hydrogen) atoms. The lowest BCUT2D eigenvalue weighted by Crippen LogP contribution is -2.32. The van der Waals surface area contributed by atoms with Gasteiger partial charge in [0.2, 0.25) is 15.9 Å². The first-order chi connectivity index (χ1) is 17.9. The SMILES string of the molecule is CCOc1ccc2ccccc2c1/C=N\NC(=O)C[C@H](NS(=O)(=O)c1ccc(C)cc1)c1ccccc1. The molecule has 8 heteroatoms.